The van der Waals surface area contributed by atoms with Crippen LogP contribution in [0.3, 0.4) is 0 Å². The molecule has 8 nitrogen and oxygen atoms in total. The molecule has 0 aliphatic heterocycles. The van der Waals surface area contributed by atoms with Crippen LogP contribution in [-0.2, 0) is 0 Å². The number of nitrogens with one attached hydrogen (secondary N) is 2. The molecule has 26 heavy (non-hydrogen) atoms. The Bertz CT molecular complexity index is 1030. The third-order valence-electron chi connectivity index (χ3n) is 3.36. The fourth-order valence-electron chi connectivity index (χ4n) is 2.19. The zero-order chi connectivity index (χ0) is 18.5. The van der Waals surface area contributed by atoms with Crippen LogP contribution in [0.4, 0.5) is 11.6 Å². The van der Waals surface area contributed by atoms with Crippen molar-refractivity contribution in [2.75, 3.05) is 5.43 Å². The molecular formula is C17H12ClN5O3. The van der Waals surface area contributed by atoms with Crippen LogP contribution in [0.15, 0.2) is 64.5 Å². The highest BCUT2D eigenvalue weighted by Gasteiger charge is 2.11. The van der Waals surface area contributed by atoms with Gasteiger partial charge in [0.1, 0.15) is 5.02 Å². The van der Waals surface area contributed by atoms with Crippen LogP contribution >= 0.6 is 11.6 Å². The number of aromatic nitrogens is 2. The zero-order valence-corrected chi connectivity index (χ0v) is 14.0. The predicted octanol–water partition coefficient (Wildman–Crippen LogP) is 3.44. The van der Waals surface area contributed by atoms with Gasteiger partial charge in [-0.05, 0) is 6.07 Å². The number of hydrazone groups is 1. The van der Waals surface area contributed by atoms with Gasteiger partial charge >= 0.3 is 0 Å². The van der Waals surface area contributed by atoms with Crippen LogP contribution in [0.25, 0.3) is 11.3 Å². The minimum atomic E-state index is -0.574. The van der Waals surface area contributed by atoms with E-state index in [0.717, 1.165) is 5.56 Å². The summed E-state index contributed by atoms with van der Waals surface area (Å²) in [6.07, 6.45) is 1.36. The number of anilines is 1. The second-order valence-corrected chi connectivity index (χ2v) is 5.59. The van der Waals surface area contributed by atoms with E-state index >= 15 is 0 Å². The van der Waals surface area contributed by atoms with E-state index in [2.05, 4.69) is 20.5 Å². The Kier molecular flexibility index (Phi) is 5.04. The third-order valence-corrected chi connectivity index (χ3v) is 3.68. The molecule has 3 rings (SSSR count). The molecular weight excluding hydrogens is 358 g/mol. The molecule has 0 fully saturated rings. The topological polar surface area (TPSA) is 113 Å². The Balaban J connectivity index is 1.81. The van der Waals surface area contributed by atoms with Gasteiger partial charge in [-0.2, -0.15) is 5.10 Å². The molecule has 130 valence electrons. The van der Waals surface area contributed by atoms with Gasteiger partial charge in [-0.25, -0.2) is 10.4 Å². The van der Waals surface area contributed by atoms with E-state index in [1.165, 1.54) is 24.4 Å². The second kappa shape index (κ2) is 7.58. The fraction of sp³-hybridized carbons (Fsp3) is 0. The molecule has 0 saturated carbocycles. The summed E-state index contributed by atoms with van der Waals surface area (Å²) in [4.78, 5) is 28.9. The third kappa shape index (κ3) is 4.11. The van der Waals surface area contributed by atoms with Gasteiger partial charge in [0, 0.05) is 23.3 Å². The van der Waals surface area contributed by atoms with Crippen LogP contribution in [0, 0.1) is 10.1 Å². The zero-order valence-electron chi connectivity index (χ0n) is 13.2. The largest absolute Gasteiger partial charge is 0.291 e. The van der Waals surface area contributed by atoms with Crippen LogP contribution in [-0.4, -0.2) is 21.1 Å². The first kappa shape index (κ1) is 17.3. The highest BCUT2D eigenvalue weighted by atomic mass is 35.5. The number of nitro groups is 1. The standard InChI is InChI=1S/C17H12ClN5O3/c18-13-7-6-11(8-15(13)23(25)26)10-19-22-17-20-14(9-16(24)21-17)12-4-2-1-3-5-12/h1-10H,(H2,20,21,22,24)/b19-10-. The van der Waals surface area contributed by atoms with Crippen LogP contribution in [0.1, 0.15) is 5.56 Å². The average molecular weight is 370 g/mol. The van der Waals surface area contributed by atoms with E-state index in [1.807, 2.05) is 30.3 Å². The van der Waals surface area contributed by atoms with Gasteiger partial charge in [-0.1, -0.05) is 48.0 Å². The number of benzene rings is 2. The monoisotopic (exact) mass is 369 g/mol. The summed E-state index contributed by atoms with van der Waals surface area (Å²) >= 11 is 5.76. The van der Waals surface area contributed by atoms with Crippen LogP contribution in [0.2, 0.25) is 5.02 Å². The first-order chi connectivity index (χ1) is 12.5. The molecule has 0 saturated heterocycles. The van der Waals surface area contributed by atoms with Crippen molar-refractivity contribution in [2.45, 2.75) is 0 Å². The maximum Gasteiger partial charge on any atom is 0.288 e. The molecule has 0 radical (unpaired) electrons. The second-order valence-electron chi connectivity index (χ2n) is 5.18. The van der Waals surface area contributed by atoms with Gasteiger partial charge in [0.15, 0.2) is 0 Å². The average Bonchev–Trinajstić information content (AvgIpc) is 2.63. The maximum absolute atomic E-state index is 11.8. The summed E-state index contributed by atoms with van der Waals surface area (Å²) in [5.41, 5.74) is 3.81. The smallest absolute Gasteiger partial charge is 0.288 e. The molecule has 3 aromatic rings. The van der Waals surface area contributed by atoms with Gasteiger partial charge < -0.3 is 0 Å². The molecule has 0 amide bonds. The molecule has 0 atom stereocenters. The molecule has 2 aromatic carbocycles. The Morgan fingerprint density at radius 1 is 1.19 bits per heavy atom. The van der Waals surface area contributed by atoms with Crippen molar-refractivity contribution in [1.29, 1.82) is 0 Å². The number of hydrogen-bond donors (Lipinski definition) is 2. The van der Waals surface area contributed by atoms with E-state index in [9.17, 15) is 14.9 Å². The van der Waals surface area contributed by atoms with Gasteiger partial charge in [-0.15, -0.1) is 0 Å². The lowest BCUT2D eigenvalue weighted by Gasteiger charge is -2.03. The molecule has 9 heteroatoms. The van der Waals surface area contributed by atoms with Crippen molar-refractivity contribution in [3.8, 4) is 11.3 Å². The van der Waals surface area contributed by atoms with Crippen molar-refractivity contribution < 1.29 is 4.92 Å². The lowest BCUT2D eigenvalue weighted by atomic mass is 10.1. The summed E-state index contributed by atoms with van der Waals surface area (Å²) in [6, 6.07) is 14.9. The molecule has 1 heterocycles. The number of nitro benzene ring substituents is 1. The molecule has 0 bridgehead atoms. The maximum atomic E-state index is 11.8. The highest BCUT2D eigenvalue weighted by molar-refractivity contribution is 6.32. The van der Waals surface area contributed by atoms with Gasteiger partial charge in [0.25, 0.3) is 11.2 Å². The fourth-order valence-corrected chi connectivity index (χ4v) is 2.37. The number of hydrogen-bond acceptors (Lipinski definition) is 6. The Labute approximate surface area is 152 Å². The molecule has 1 aromatic heterocycles. The predicted molar refractivity (Wildman–Crippen MR) is 99.6 cm³/mol. The van der Waals surface area contributed by atoms with Gasteiger partial charge in [0.2, 0.25) is 5.95 Å². The Morgan fingerprint density at radius 2 is 1.96 bits per heavy atom. The Hall–Kier alpha value is -3.52. The lowest BCUT2D eigenvalue weighted by Crippen LogP contribution is -2.10. The normalized spacial score (nSPS) is 10.8. The summed E-state index contributed by atoms with van der Waals surface area (Å²) in [6.45, 7) is 0. The van der Waals surface area contributed by atoms with E-state index in [0.29, 0.717) is 11.3 Å². The summed E-state index contributed by atoms with van der Waals surface area (Å²) in [5, 5.41) is 14.9. The summed E-state index contributed by atoms with van der Waals surface area (Å²) in [5.74, 6) is 0.149. The summed E-state index contributed by atoms with van der Waals surface area (Å²) in [7, 11) is 0. The molecule has 0 aliphatic rings. The van der Waals surface area contributed by atoms with Crippen molar-refractivity contribution in [3.05, 3.63) is 85.7 Å². The van der Waals surface area contributed by atoms with Crippen molar-refractivity contribution >= 4 is 29.5 Å². The quantitative estimate of drug-likeness (QED) is 0.406. The molecule has 0 spiro atoms. The molecule has 2 N–H and O–H groups in total. The van der Waals surface area contributed by atoms with E-state index in [4.69, 9.17) is 11.6 Å². The highest BCUT2D eigenvalue weighted by Crippen LogP contribution is 2.24. The minimum absolute atomic E-state index is 0.0432. The number of H-pyrrole nitrogens is 1. The first-order valence-corrected chi connectivity index (χ1v) is 7.80. The van der Waals surface area contributed by atoms with Gasteiger partial charge in [0.05, 0.1) is 16.8 Å². The molecule has 0 unspecified atom stereocenters. The Morgan fingerprint density at radius 3 is 2.69 bits per heavy atom. The van der Waals surface area contributed by atoms with Crippen LogP contribution < -0.4 is 11.0 Å². The number of aromatic amines is 1. The SMILES string of the molecule is O=c1cc(-c2ccccc2)nc(N/N=C\c2ccc(Cl)c([N+](=O)[O-])c2)[nH]1. The van der Waals surface area contributed by atoms with E-state index in [1.54, 1.807) is 6.07 Å². The van der Waals surface area contributed by atoms with E-state index < -0.39 is 4.92 Å². The summed E-state index contributed by atoms with van der Waals surface area (Å²) < 4.78 is 0. The molecule has 0 aliphatic carbocycles. The van der Waals surface area contributed by atoms with Crippen LogP contribution in [0.5, 0.6) is 0 Å². The lowest BCUT2D eigenvalue weighted by molar-refractivity contribution is -0.384. The number of halogens is 1. The van der Waals surface area contributed by atoms with Crippen molar-refractivity contribution in [1.82, 2.24) is 9.97 Å². The number of nitrogens with zero attached hydrogens (tertiary/aromatic N) is 3. The first-order valence-electron chi connectivity index (χ1n) is 7.43. The van der Waals surface area contributed by atoms with Crippen molar-refractivity contribution in [3.63, 3.8) is 0 Å². The van der Waals surface area contributed by atoms with Crippen molar-refractivity contribution in [2.24, 2.45) is 5.10 Å². The van der Waals surface area contributed by atoms with Gasteiger partial charge in [-0.3, -0.25) is 19.9 Å². The number of rotatable bonds is 5. The minimum Gasteiger partial charge on any atom is -0.291 e. The van der Waals surface area contributed by atoms with E-state index in [-0.39, 0.29) is 22.2 Å².